The molecule has 1 rings (SSSR count). The first-order valence-electron chi connectivity index (χ1n) is 5.13. The van der Waals surface area contributed by atoms with Crippen molar-refractivity contribution in [2.24, 2.45) is 0 Å². The van der Waals surface area contributed by atoms with Gasteiger partial charge >= 0.3 is 5.97 Å². The number of methoxy groups -OCH3 is 1. The van der Waals surface area contributed by atoms with Crippen LogP contribution in [0.1, 0.15) is 5.56 Å². The van der Waals surface area contributed by atoms with Gasteiger partial charge in [0.05, 0.1) is 13.2 Å². The molecule has 90 valence electrons. The summed E-state index contributed by atoms with van der Waals surface area (Å²) in [7, 11) is 1.57. The lowest BCUT2D eigenvalue weighted by Gasteiger charge is -2.01. The minimum absolute atomic E-state index is 0.105. The normalized spacial score (nSPS) is 9.24. The summed E-state index contributed by atoms with van der Waals surface area (Å²) in [4.78, 5) is 11.1. The fourth-order valence-corrected chi connectivity index (χ4v) is 0.977. The van der Waals surface area contributed by atoms with Gasteiger partial charge in [-0.15, -0.1) is 0 Å². The quantitative estimate of drug-likeness (QED) is 0.332. The van der Waals surface area contributed by atoms with Crippen LogP contribution in [0, 0.1) is 11.8 Å². The van der Waals surface area contributed by atoms with Gasteiger partial charge in [-0.1, -0.05) is 24.1 Å². The van der Waals surface area contributed by atoms with Crippen LogP contribution in [0.15, 0.2) is 30.3 Å². The average molecular weight is 234 g/mol. The average Bonchev–Trinajstić information content (AvgIpc) is 2.37. The number of esters is 1. The largest absolute Gasteiger partial charge is 0.429 e. The molecule has 17 heavy (non-hydrogen) atoms. The molecule has 0 unspecified atom stereocenters. The first-order valence-corrected chi connectivity index (χ1v) is 5.13. The molecule has 0 fully saturated rings. The van der Waals surface area contributed by atoms with Crippen LogP contribution in [-0.4, -0.2) is 33.1 Å². The van der Waals surface area contributed by atoms with Crippen molar-refractivity contribution in [3.05, 3.63) is 35.9 Å². The standard InChI is InChI=1S/C13H14O4/c1-15-9-10-16-11-17-13(14)8-7-12-5-3-2-4-6-12/h2-6H,9-11H2,1H3. The van der Waals surface area contributed by atoms with E-state index in [4.69, 9.17) is 14.2 Å². The van der Waals surface area contributed by atoms with Gasteiger partial charge in [0.1, 0.15) is 0 Å². The first kappa shape index (κ1) is 13.2. The molecule has 0 aliphatic heterocycles. The molecule has 0 spiro atoms. The minimum Gasteiger partial charge on any atom is -0.429 e. The third kappa shape index (κ3) is 6.36. The van der Waals surface area contributed by atoms with E-state index >= 15 is 0 Å². The van der Waals surface area contributed by atoms with E-state index in [2.05, 4.69) is 11.8 Å². The first-order chi connectivity index (χ1) is 8.33. The Balaban J connectivity index is 2.24. The highest BCUT2D eigenvalue weighted by Crippen LogP contribution is 1.94. The zero-order chi connectivity index (χ0) is 12.3. The van der Waals surface area contributed by atoms with Crippen molar-refractivity contribution in [1.29, 1.82) is 0 Å². The molecule has 0 amide bonds. The van der Waals surface area contributed by atoms with Crippen LogP contribution in [0.2, 0.25) is 0 Å². The number of carbonyl (C=O) groups is 1. The Morgan fingerprint density at radius 2 is 2.00 bits per heavy atom. The SMILES string of the molecule is COCCOCOC(=O)C#Cc1ccccc1. The zero-order valence-corrected chi connectivity index (χ0v) is 9.64. The van der Waals surface area contributed by atoms with E-state index in [1.807, 2.05) is 30.3 Å². The summed E-state index contributed by atoms with van der Waals surface area (Å²) in [6, 6.07) is 9.21. The van der Waals surface area contributed by atoms with Gasteiger partial charge in [0.15, 0.2) is 6.79 Å². The topological polar surface area (TPSA) is 44.8 Å². The molecule has 0 saturated heterocycles. The Morgan fingerprint density at radius 1 is 1.24 bits per heavy atom. The summed E-state index contributed by atoms with van der Waals surface area (Å²) in [5, 5.41) is 0. The summed E-state index contributed by atoms with van der Waals surface area (Å²) < 4.78 is 14.4. The van der Waals surface area contributed by atoms with E-state index in [0.29, 0.717) is 13.2 Å². The van der Waals surface area contributed by atoms with E-state index in [9.17, 15) is 4.79 Å². The van der Waals surface area contributed by atoms with Gasteiger partial charge < -0.3 is 14.2 Å². The molecular formula is C13H14O4. The summed E-state index contributed by atoms with van der Waals surface area (Å²) in [5.74, 6) is 4.45. The van der Waals surface area contributed by atoms with Crippen LogP contribution in [-0.2, 0) is 19.0 Å². The van der Waals surface area contributed by atoms with Crippen LogP contribution in [0.5, 0.6) is 0 Å². The predicted octanol–water partition coefficient (Wildman–Crippen LogP) is 1.20. The maximum Gasteiger partial charge on any atom is 0.386 e. The van der Waals surface area contributed by atoms with E-state index in [-0.39, 0.29) is 6.79 Å². The lowest BCUT2D eigenvalue weighted by atomic mass is 10.2. The summed E-state index contributed by atoms with van der Waals surface area (Å²) in [5.41, 5.74) is 0.768. The Hall–Kier alpha value is -1.83. The smallest absolute Gasteiger partial charge is 0.386 e. The molecule has 0 bridgehead atoms. The van der Waals surface area contributed by atoms with Gasteiger partial charge in [0.25, 0.3) is 0 Å². The molecule has 4 heteroatoms. The van der Waals surface area contributed by atoms with Crippen LogP contribution >= 0.6 is 0 Å². The highest BCUT2D eigenvalue weighted by molar-refractivity contribution is 5.89. The van der Waals surface area contributed by atoms with Gasteiger partial charge in [0.2, 0.25) is 0 Å². The second-order valence-electron chi connectivity index (χ2n) is 3.07. The van der Waals surface area contributed by atoms with Crippen molar-refractivity contribution in [3.63, 3.8) is 0 Å². The van der Waals surface area contributed by atoms with E-state index in [0.717, 1.165) is 5.56 Å². The fourth-order valence-electron chi connectivity index (χ4n) is 0.977. The Morgan fingerprint density at radius 3 is 2.71 bits per heavy atom. The van der Waals surface area contributed by atoms with Gasteiger partial charge in [-0.05, 0) is 12.1 Å². The fraction of sp³-hybridized carbons (Fsp3) is 0.308. The van der Waals surface area contributed by atoms with Crippen molar-refractivity contribution in [3.8, 4) is 11.8 Å². The Bertz CT molecular complexity index is 389. The number of ether oxygens (including phenoxy) is 3. The zero-order valence-electron chi connectivity index (χ0n) is 9.64. The molecule has 1 aromatic rings. The molecule has 0 heterocycles. The van der Waals surface area contributed by atoms with Crippen molar-refractivity contribution in [2.45, 2.75) is 0 Å². The number of hydrogen-bond acceptors (Lipinski definition) is 4. The lowest BCUT2D eigenvalue weighted by Crippen LogP contribution is -2.09. The van der Waals surface area contributed by atoms with Crippen LogP contribution in [0.3, 0.4) is 0 Å². The maximum absolute atomic E-state index is 11.1. The van der Waals surface area contributed by atoms with Crippen LogP contribution in [0.4, 0.5) is 0 Å². The molecule has 0 aliphatic carbocycles. The lowest BCUT2D eigenvalue weighted by molar-refractivity contribution is -0.150. The van der Waals surface area contributed by atoms with E-state index in [1.54, 1.807) is 7.11 Å². The van der Waals surface area contributed by atoms with Crippen LogP contribution in [0.25, 0.3) is 0 Å². The number of carbonyl (C=O) groups excluding carboxylic acids is 1. The third-order valence-corrected chi connectivity index (χ3v) is 1.79. The summed E-state index contributed by atoms with van der Waals surface area (Å²) in [6.07, 6.45) is 0. The Labute approximate surface area is 100 Å². The van der Waals surface area contributed by atoms with Gasteiger partial charge in [-0.3, -0.25) is 0 Å². The van der Waals surface area contributed by atoms with E-state index < -0.39 is 5.97 Å². The van der Waals surface area contributed by atoms with Gasteiger partial charge in [-0.2, -0.15) is 0 Å². The van der Waals surface area contributed by atoms with Crippen molar-refractivity contribution in [2.75, 3.05) is 27.1 Å². The van der Waals surface area contributed by atoms with Gasteiger partial charge in [-0.25, -0.2) is 4.79 Å². The molecular weight excluding hydrogens is 220 g/mol. The third-order valence-electron chi connectivity index (χ3n) is 1.79. The summed E-state index contributed by atoms with van der Waals surface area (Å²) in [6.45, 7) is 0.745. The maximum atomic E-state index is 11.1. The second-order valence-corrected chi connectivity index (χ2v) is 3.07. The highest BCUT2D eigenvalue weighted by Gasteiger charge is 1.96. The van der Waals surface area contributed by atoms with E-state index in [1.165, 1.54) is 0 Å². The molecule has 0 aliphatic rings. The number of benzene rings is 1. The highest BCUT2D eigenvalue weighted by atomic mass is 16.7. The summed E-state index contributed by atoms with van der Waals surface area (Å²) >= 11 is 0. The number of hydrogen-bond donors (Lipinski definition) is 0. The molecule has 0 N–H and O–H groups in total. The molecule has 0 aromatic heterocycles. The van der Waals surface area contributed by atoms with Crippen LogP contribution < -0.4 is 0 Å². The van der Waals surface area contributed by atoms with Gasteiger partial charge in [0, 0.05) is 18.6 Å². The molecule has 1 aromatic carbocycles. The second kappa shape index (κ2) is 8.34. The Kier molecular flexibility index (Phi) is 6.49. The van der Waals surface area contributed by atoms with Crippen molar-refractivity contribution in [1.82, 2.24) is 0 Å². The minimum atomic E-state index is -0.605. The number of rotatable bonds is 5. The molecule has 0 radical (unpaired) electrons. The monoisotopic (exact) mass is 234 g/mol. The molecule has 0 saturated carbocycles. The predicted molar refractivity (Wildman–Crippen MR) is 62.1 cm³/mol. The van der Waals surface area contributed by atoms with Crippen molar-refractivity contribution < 1.29 is 19.0 Å². The molecule has 4 nitrogen and oxygen atoms in total. The van der Waals surface area contributed by atoms with Crippen molar-refractivity contribution >= 4 is 5.97 Å². The molecule has 0 atom stereocenters.